The molecule has 100 valence electrons. The third kappa shape index (κ3) is 2.33. The Morgan fingerprint density at radius 1 is 1.37 bits per heavy atom. The van der Waals surface area contributed by atoms with E-state index in [2.05, 4.69) is 5.16 Å². The third-order valence-corrected chi connectivity index (χ3v) is 2.74. The number of rotatable bonds is 4. The van der Waals surface area contributed by atoms with E-state index in [1.165, 1.54) is 6.92 Å². The maximum absolute atomic E-state index is 13.9. The highest BCUT2D eigenvalue weighted by Crippen LogP contribution is 2.40. The molecule has 1 heterocycles. The molecule has 0 atom stereocenters. The van der Waals surface area contributed by atoms with E-state index in [1.807, 2.05) is 0 Å². The quantitative estimate of drug-likeness (QED) is 0.920. The molecule has 0 unspecified atom stereocenters. The van der Waals surface area contributed by atoms with E-state index in [4.69, 9.17) is 9.63 Å². The maximum atomic E-state index is 13.9. The largest absolute Gasteiger partial charge is 0.476 e. The Morgan fingerprint density at radius 3 is 2.53 bits per heavy atom. The fourth-order valence-corrected chi connectivity index (χ4v) is 1.74. The minimum absolute atomic E-state index is 0.204. The fourth-order valence-electron chi connectivity index (χ4n) is 1.74. The molecule has 19 heavy (non-hydrogen) atoms. The van der Waals surface area contributed by atoms with Crippen LogP contribution in [0.25, 0.3) is 11.3 Å². The van der Waals surface area contributed by atoms with Crippen molar-refractivity contribution in [3.05, 3.63) is 41.6 Å². The van der Waals surface area contributed by atoms with Crippen LogP contribution in [0.3, 0.4) is 0 Å². The van der Waals surface area contributed by atoms with Gasteiger partial charge in [-0.25, -0.2) is 13.6 Å². The summed E-state index contributed by atoms with van der Waals surface area (Å²) in [5.41, 5.74) is -1.05. The molecule has 1 aromatic heterocycles. The van der Waals surface area contributed by atoms with Crippen molar-refractivity contribution in [3.63, 3.8) is 0 Å². The predicted octanol–water partition coefficient (Wildman–Crippen LogP) is 3.54. The van der Waals surface area contributed by atoms with E-state index in [-0.39, 0.29) is 5.76 Å². The van der Waals surface area contributed by atoms with Crippen LogP contribution < -0.4 is 0 Å². The van der Waals surface area contributed by atoms with Crippen LogP contribution in [0, 0.1) is 0 Å². The molecule has 6 heteroatoms. The van der Waals surface area contributed by atoms with E-state index in [0.717, 1.165) is 0 Å². The van der Waals surface area contributed by atoms with Crippen LogP contribution in [0.5, 0.6) is 0 Å². The second-order valence-electron chi connectivity index (χ2n) is 3.96. The lowest BCUT2D eigenvalue weighted by atomic mass is 9.99. The zero-order valence-corrected chi connectivity index (χ0v) is 10.1. The lowest BCUT2D eigenvalue weighted by molar-refractivity contribution is -0.00939. The second-order valence-corrected chi connectivity index (χ2v) is 3.96. The van der Waals surface area contributed by atoms with E-state index in [0.29, 0.717) is 5.56 Å². The molecule has 0 saturated heterocycles. The first kappa shape index (κ1) is 13.2. The zero-order chi connectivity index (χ0) is 14.0. The number of carbonyl (C=O) groups is 1. The molecule has 0 spiro atoms. The van der Waals surface area contributed by atoms with Gasteiger partial charge in [-0.1, -0.05) is 42.4 Å². The predicted molar refractivity (Wildman–Crippen MR) is 63.1 cm³/mol. The van der Waals surface area contributed by atoms with Crippen molar-refractivity contribution in [2.45, 2.75) is 19.3 Å². The first-order chi connectivity index (χ1) is 8.97. The lowest BCUT2D eigenvalue weighted by Gasteiger charge is -2.14. The van der Waals surface area contributed by atoms with Gasteiger partial charge in [0.2, 0.25) is 5.69 Å². The van der Waals surface area contributed by atoms with Gasteiger partial charge in [-0.15, -0.1) is 0 Å². The van der Waals surface area contributed by atoms with Crippen LogP contribution in [-0.2, 0) is 5.92 Å². The molecule has 0 amide bonds. The number of hydrogen-bond acceptors (Lipinski definition) is 3. The average molecular weight is 267 g/mol. The summed E-state index contributed by atoms with van der Waals surface area (Å²) in [6.07, 6.45) is -0.533. The van der Waals surface area contributed by atoms with Gasteiger partial charge in [-0.2, -0.15) is 0 Å². The highest BCUT2D eigenvalue weighted by atomic mass is 19.3. The van der Waals surface area contributed by atoms with E-state index in [9.17, 15) is 13.6 Å². The molecule has 1 N–H and O–H groups in total. The number of carboxylic acids is 1. The molecular weight excluding hydrogens is 256 g/mol. The van der Waals surface area contributed by atoms with Gasteiger partial charge >= 0.3 is 5.97 Å². The van der Waals surface area contributed by atoms with Gasteiger partial charge in [-0.05, 0) is 0 Å². The average Bonchev–Trinajstić information content (AvgIpc) is 2.85. The third-order valence-electron chi connectivity index (χ3n) is 2.74. The Kier molecular flexibility index (Phi) is 3.33. The summed E-state index contributed by atoms with van der Waals surface area (Å²) in [5, 5.41) is 12.2. The molecule has 0 fully saturated rings. The number of carboxylic acid groups (broad SMARTS) is 1. The van der Waals surface area contributed by atoms with Gasteiger partial charge in [-0.3, -0.25) is 0 Å². The van der Waals surface area contributed by atoms with Crippen molar-refractivity contribution in [3.8, 4) is 11.3 Å². The van der Waals surface area contributed by atoms with E-state index in [1.54, 1.807) is 30.3 Å². The smallest absolute Gasteiger partial charge is 0.358 e. The first-order valence-electron chi connectivity index (χ1n) is 5.64. The van der Waals surface area contributed by atoms with Gasteiger partial charge in [0.25, 0.3) is 5.92 Å². The van der Waals surface area contributed by atoms with E-state index < -0.39 is 29.6 Å². The van der Waals surface area contributed by atoms with E-state index >= 15 is 0 Å². The Labute approximate surface area is 107 Å². The first-order valence-corrected chi connectivity index (χ1v) is 5.64. The molecular formula is C13H11F2NO3. The van der Waals surface area contributed by atoms with Crippen molar-refractivity contribution < 1.29 is 23.2 Å². The molecule has 0 saturated carbocycles. The summed E-state index contributed by atoms with van der Waals surface area (Å²) >= 11 is 0. The Morgan fingerprint density at radius 2 is 2.00 bits per heavy atom. The molecule has 0 aliphatic heterocycles. The molecule has 2 rings (SSSR count). The van der Waals surface area contributed by atoms with Crippen LogP contribution in [0.1, 0.15) is 29.4 Å². The summed E-state index contributed by atoms with van der Waals surface area (Å²) in [6.45, 7) is 1.27. The summed E-state index contributed by atoms with van der Waals surface area (Å²) in [7, 11) is 0. The number of benzene rings is 1. The van der Waals surface area contributed by atoms with Gasteiger partial charge in [0.05, 0.1) is 0 Å². The van der Waals surface area contributed by atoms with Crippen molar-refractivity contribution in [2.24, 2.45) is 0 Å². The number of alkyl halides is 2. The number of nitrogens with zero attached hydrogens (tertiary/aromatic N) is 1. The van der Waals surface area contributed by atoms with Crippen molar-refractivity contribution >= 4 is 5.97 Å². The topological polar surface area (TPSA) is 63.3 Å². The van der Waals surface area contributed by atoms with Crippen LogP contribution in [-0.4, -0.2) is 16.2 Å². The van der Waals surface area contributed by atoms with Crippen LogP contribution in [0.4, 0.5) is 8.78 Å². The van der Waals surface area contributed by atoms with Crippen LogP contribution >= 0.6 is 0 Å². The highest BCUT2D eigenvalue weighted by molar-refractivity contribution is 5.89. The molecule has 1 aromatic carbocycles. The Balaban J connectivity index is 2.67. The summed E-state index contributed by atoms with van der Waals surface area (Å²) in [4.78, 5) is 11.0. The second kappa shape index (κ2) is 4.79. The number of aromatic carboxylic acids is 1. The minimum Gasteiger partial charge on any atom is -0.476 e. The Hall–Kier alpha value is -2.24. The monoisotopic (exact) mass is 267 g/mol. The maximum Gasteiger partial charge on any atom is 0.358 e. The molecule has 0 aliphatic rings. The summed E-state index contributed by atoms with van der Waals surface area (Å²) in [6, 6.07) is 8.12. The van der Waals surface area contributed by atoms with Crippen molar-refractivity contribution in [2.75, 3.05) is 0 Å². The van der Waals surface area contributed by atoms with Gasteiger partial charge in [0, 0.05) is 12.0 Å². The van der Waals surface area contributed by atoms with Crippen molar-refractivity contribution in [1.82, 2.24) is 5.16 Å². The summed E-state index contributed by atoms with van der Waals surface area (Å²) in [5.74, 6) is -5.04. The van der Waals surface area contributed by atoms with Crippen molar-refractivity contribution in [1.29, 1.82) is 0 Å². The van der Waals surface area contributed by atoms with Crippen LogP contribution in [0.2, 0.25) is 0 Å². The van der Waals surface area contributed by atoms with Gasteiger partial charge in [0.15, 0.2) is 5.76 Å². The molecule has 2 aromatic rings. The minimum atomic E-state index is -3.31. The zero-order valence-electron chi connectivity index (χ0n) is 10.1. The highest BCUT2D eigenvalue weighted by Gasteiger charge is 2.40. The number of hydrogen-bond donors (Lipinski definition) is 1. The standard InChI is InChI=1S/C13H11F2NO3/c1-2-13(14,15)9-10(12(17)18)16-19-11(9)8-6-4-3-5-7-8/h3-7H,2H2,1H3,(H,17,18). The fraction of sp³-hybridized carbons (Fsp3) is 0.231. The molecule has 0 bridgehead atoms. The van der Waals surface area contributed by atoms with Crippen LogP contribution in [0.15, 0.2) is 34.9 Å². The molecule has 4 nitrogen and oxygen atoms in total. The number of halogens is 2. The SMILES string of the molecule is CCC(F)(F)c1c(C(=O)O)noc1-c1ccccc1. The molecule has 0 aliphatic carbocycles. The lowest BCUT2D eigenvalue weighted by Crippen LogP contribution is -2.16. The summed E-state index contributed by atoms with van der Waals surface area (Å²) < 4.78 is 32.7. The molecule has 0 radical (unpaired) electrons. The normalized spacial score (nSPS) is 11.5. The van der Waals surface area contributed by atoms with Gasteiger partial charge in [0.1, 0.15) is 5.56 Å². The van der Waals surface area contributed by atoms with Gasteiger partial charge < -0.3 is 9.63 Å². The Bertz CT molecular complexity index is 593. The number of aromatic nitrogens is 1.